The maximum absolute atomic E-state index is 11.2. The van der Waals surface area contributed by atoms with Crippen molar-refractivity contribution in [3.8, 4) is 0 Å². The van der Waals surface area contributed by atoms with Gasteiger partial charge in [0.25, 0.3) is 0 Å². The maximum Gasteiger partial charge on any atom is 0.311 e. The molecule has 0 aliphatic rings. The van der Waals surface area contributed by atoms with Gasteiger partial charge in [-0.1, -0.05) is 0 Å². The van der Waals surface area contributed by atoms with E-state index in [0.29, 0.717) is 0 Å². The molecule has 6 heteroatoms. The first kappa shape index (κ1) is 14.9. The number of thiazole rings is 1. The van der Waals surface area contributed by atoms with Crippen LogP contribution in [0.5, 0.6) is 0 Å². The summed E-state index contributed by atoms with van der Waals surface area (Å²) < 4.78 is 4.64. The lowest BCUT2D eigenvalue weighted by Crippen LogP contribution is -2.16. The number of nitrogens with one attached hydrogen (secondary N) is 1. The number of hydrogen-bond donors (Lipinski definition) is 1. The Morgan fingerprint density at radius 2 is 2.22 bits per heavy atom. The van der Waals surface area contributed by atoms with Gasteiger partial charge in [0.05, 0.1) is 19.2 Å². The number of anilines is 1. The molecule has 5 nitrogen and oxygen atoms in total. The molecule has 0 saturated heterocycles. The van der Waals surface area contributed by atoms with E-state index in [1.54, 1.807) is 11.3 Å². The van der Waals surface area contributed by atoms with Crippen LogP contribution in [0.2, 0.25) is 0 Å². The molecule has 0 fully saturated rings. The number of esters is 1. The number of carbonyl (C=O) groups excluding carboxylic acids is 1. The number of aryl methyl sites for hydroxylation is 1. The third kappa shape index (κ3) is 5.01. The van der Waals surface area contributed by atoms with Gasteiger partial charge >= 0.3 is 5.97 Å². The van der Waals surface area contributed by atoms with Gasteiger partial charge in [-0.05, 0) is 34.0 Å². The zero-order valence-corrected chi connectivity index (χ0v) is 12.3. The Bertz CT molecular complexity index is 391. The van der Waals surface area contributed by atoms with Crippen molar-refractivity contribution in [3.63, 3.8) is 0 Å². The van der Waals surface area contributed by atoms with Gasteiger partial charge in [-0.25, -0.2) is 4.98 Å². The molecular formula is C12H21N3O2S. The van der Waals surface area contributed by atoms with E-state index in [1.165, 1.54) is 7.11 Å². The molecule has 18 heavy (non-hydrogen) atoms. The molecule has 0 saturated carbocycles. The van der Waals surface area contributed by atoms with Crippen molar-refractivity contribution in [3.05, 3.63) is 10.6 Å². The van der Waals surface area contributed by atoms with Crippen LogP contribution in [0.1, 0.15) is 17.0 Å². The summed E-state index contributed by atoms with van der Waals surface area (Å²) in [4.78, 5) is 18.8. The topological polar surface area (TPSA) is 54.5 Å². The van der Waals surface area contributed by atoms with Crippen molar-refractivity contribution in [1.29, 1.82) is 0 Å². The molecule has 1 N–H and O–H groups in total. The maximum atomic E-state index is 11.2. The summed E-state index contributed by atoms with van der Waals surface area (Å²) in [5, 5.41) is 4.16. The van der Waals surface area contributed by atoms with Crippen molar-refractivity contribution in [2.45, 2.75) is 19.8 Å². The molecule has 0 spiro atoms. The zero-order chi connectivity index (χ0) is 13.5. The van der Waals surface area contributed by atoms with Gasteiger partial charge in [-0.15, -0.1) is 11.3 Å². The second kappa shape index (κ2) is 7.33. The molecule has 1 aromatic rings. The largest absolute Gasteiger partial charge is 0.469 e. The molecule has 0 radical (unpaired) electrons. The van der Waals surface area contributed by atoms with Crippen LogP contribution in [0.15, 0.2) is 0 Å². The van der Waals surface area contributed by atoms with Gasteiger partial charge < -0.3 is 15.0 Å². The molecule has 0 bridgehead atoms. The van der Waals surface area contributed by atoms with Crippen LogP contribution < -0.4 is 5.32 Å². The summed E-state index contributed by atoms with van der Waals surface area (Å²) in [6.07, 6.45) is 1.32. The number of rotatable bonds is 7. The van der Waals surface area contributed by atoms with Crippen LogP contribution in [0.4, 0.5) is 5.13 Å². The van der Waals surface area contributed by atoms with E-state index in [2.05, 4.69) is 34.0 Å². The van der Waals surface area contributed by atoms with Crippen LogP contribution >= 0.6 is 11.3 Å². The summed E-state index contributed by atoms with van der Waals surface area (Å²) >= 11 is 1.58. The molecule has 0 aliphatic carbocycles. The number of aromatic nitrogens is 1. The van der Waals surface area contributed by atoms with Crippen LogP contribution in [0.25, 0.3) is 0 Å². The predicted octanol–water partition coefficient (Wildman–Crippen LogP) is 1.53. The van der Waals surface area contributed by atoms with Crippen LogP contribution in [0, 0.1) is 6.92 Å². The minimum atomic E-state index is -0.248. The highest BCUT2D eigenvalue weighted by atomic mass is 32.1. The van der Waals surface area contributed by atoms with Gasteiger partial charge in [0, 0.05) is 11.4 Å². The smallest absolute Gasteiger partial charge is 0.311 e. The van der Waals surface area contributed by atoms with Gasteiger partial charge in [0.2, 0.25) is 0 Å². The SMILES string of the molecule is COC(=O)Cc1nc(NCCCN(C)C)sc1C. The molecular weight excluding hydrogens is 250 g/mol. The minimum absolute atomic E-state index is 0.248. The fraction of sp³-hybridized carbons (Fsp3) is 0.667. The number of hydrogen-bond acceptors (Lipinski definition) is 6. The van der Waals surface area contributed by atoms with E-state index in [1.807, 2.05) is 6.92 Å². The highest BCUT2D eigenvalue weighted by molar-refractivity contribution is 7.15. The molecule has 1 rings (SSSR count). The molecule has 0 aromatic carbocycles. The highest BCUT2D eigenvalue weighted by Crippen LogP contribution is 2.22. The van der Waals surface area contributed by atoms with E-state index >= 15 is 0 Å². The van der Waals surface area contributed by atoms with E-state index in [-0.39, 0.29) is 12.4 Å². The monoisotopic (exact) mass is 271 g/mol. The highest BCUT2D eigenvalue weighted by Gasteiger charge is 2.11. The molecule has 0 unspecified atom stereocenters. The fourth-order valence-corrected chi connectivity index (χ4v) is 2.32. The average molecular weight is 271 g/mol. The second-order valence-corrected chi connectivity index (χ2v) is 5.56. The molecule has 0 amide bonds. The first-order chi connectivity index (χ1) is 8.52. The first-order valence-electron chi connectivity index (χ1n) is 5.94. The van der Waals surface area contributed by atoms with E-state index < -0.39 is 0 Å². The van der Waals surface area contributed by atoms with Gasteiger partial charge in [0.1, 0.15) is 0 Å². The first-order valence-corrected chi connectivity index (χ1v) is 6.76. The van der Waals surface area contributed by atoms with Gasteiger partial charge in [0.15, 0.2) is 5.13 Å². The number of carbonyl (C=O) groups is 1. The lowest BCUT2D eigenvalue weighted by atomic mass is 10.3. The average Bonchev–Trinajstić information content (AvgIpc) is 2.65. The number of methoxy groups -OCH3 is 1. The molecule has 0 aliphatic heterocycles. The Balaban J connectivity index is 2.43. The summed E-state index contributed by atoms with van der Waals surface area (Å²) in [7, 11) is 5.51. The number of ether oxygens (including phenoxy) is 1. The van der Waals surface area contributed by atoms with E-state index in [9.17, 15) is 4.79 Å². The predicted molar refractivity (Wildman–Crippen MR) is 74.2 cm³/mol. The fourth-order valence-electron chi connectivity index (χ4n) is 1.47. The number of nitrogens with zero attached hydrogens (tertiary/aromatic N) is 2. The summed E-state index contributed by atoms with van der Waals surface area (Å²) in [6.45, 7) is 3.91. The summed E-state index contributed by atoms with van der Waals surface area (Å²) in [5.41, 5.74) is 0.807. The van der Waals surface area contributed by atoms with Crippen LogP contribution in [-0.2, 0) is 16.0 Å². The third-order valence-electron chi connectivity index (χ3n) is 2.49. The molecule has 1 aromatic heterocycles. The van der Waals surface area contributed by atoms with Crippen LogP contribution in [0.3, 0.4) is 0 Å². The minimum Gasteiger partial charge on any atom is -0.469 e. The Hall–Kier alpha value is -1.14. The molecule has 102 valence electrons. The van der Waals surface area contributed by atoms with Gasteiger partial charge in [-0.2, -0.15) is 0 Å². The normalized spacial score (nSPS) is 10.7. The van der Waals surface area contributed by atoms with Crippen molar-refractivity contribution in [2.75, 3.05) is 39.6 Å². The summed E-state index contributed by atoms with van der Waals surface area (Å²) in [5.74, 6) is -0.248. The van der Waals surface area contributed by atoms with Crippen molar-refractivity contribution in [1.82, 2.24) is 9.88 Å². The van der Waals surface area contributed by atoms with Crippen molar-refractivity contribution < 1.29 is 9.53 Å². The Morgan fingerprint density at radius 3 is 2.83 bits per heavy atom. The lowest BCUT2D eigenvalue weighted by Gasteiger charge is -2.08. The van der Waals surface area contributed by atoms with Crippen molar-refractivity contribution >= 4 is 22.4 Å². The second-order valence-electron chi connectivity index (χ2n) is 4.36. The van der Waals surface area contributed by atoms with Crippen molar-refractivity contribution in [2.24, 2.45) is 0 Å². The van der Waals surface area contributed by atoms with E-state index in [4.69, 9.17) is 0 Å². The zero-order valence-electron chi connectivity index (χ0n) is 11.4. The quantitative estimate of drug-likeness (QED) is 0.602. The Labute approximate surface area is 112 Å². The summed E-state index contributed by atoms with van der Waals surface area (Å²) in [6, 6.07) is 0. The standard InChI is InChI=1S/C12H21N3O2S/c1-9-10(8-11(16)17-4)14-12(18-9)13-6-5-7-15(2)3/h5-8H2,1-4H3,(H,13,14). The molecule has 0 atom stereocenters. The third-order valence-corrected chi connectivity index (χ3v) is 3.46. The van der Waals surface area contributed by atoms with E-state index in [0.717, 1.165) is 35.2 Å². The lowest BCUT2D eigenvalue weighted by molar-refractivity contribution is -0.139. The molecule has 1 heterocycles. The van der Waals surface area contributed by atoms with Gasteiger partial charge in [-0.3, -0.25) is 4.79 Å². The Kier molecular flexibility index (Phi) is 6.07. The Morgan fingerprint density at radius 1 is 1.50 bits per heavy atom. The van der Waals surface area contributed by atoms with Crippen LogP contribution in [-0.4, -0.2) is 50.1 Å².